The van der Waals surface area contributed by atoms with E-state index in [2.05, 4.69) is 22.1 Å². The number of hydrogen-bond donors (Lipinski definition) is 1. The summed E-state index contributed by atoms with van der Waals surface area (Å²) in [6.07, 6.45) is 3.72. The van der Waals surface area contributed by atoms with Crippen LogP contribution in [0, 0.1) is 12.7 Å². The topological polar surface area (TPSA) is 69.0 Å². The van der Waals surface area contributed by atoms with Crippen LogP contribution in [0.4, 0.5) is 4.39 Å². The molecule has 0 spiro atoms. The lowest BCUT2D eigenvalue weighted by atomic mass is 10.1. The summed E-state index contributed by atoms with van der Waals surface area (Å²) in [6, 6.07) is 14.0. The Morgan fingerprint density at radius 1 is 1.31 bits per heavy atom. The van der Waals surface area contributed by atoms with Gasteiger partial charge in [-0.3, -0.25) is 9.36 Å². The van der Waals surface area contributed by atoms with Crippen LogP contribution in [0.3, 0.4) is 0 Å². The van der Waals surface area contributed by atoms with E-state index in [4.69, 9.17) is 4.74 Å². The molecule has 1 unspecified atom stereocenters. The Hall–Kier alpha value is -3.13. The SMILES string of the molecule is C=CCn1c(COc2cccc(C)c2)nnc1SC(C(=O)NC1CC1)c1ccc(F)cc1. The van der Waals surface area contributed by atoms with Crippen molar-refractivity contribution in [3.63, 3.8) is 0 Å². The van der Waals surface area contributed by atoms with E-state index in [1.807, 2.05) is 35.8 Å². The van der Waals surface area contributed by atoms with Crippen molar-refractivity contribution in [2.45, 2.75) is 49.4 Å². The van der Waals surface area contributed by atoms with Crippen LogP contribution in [0.25, 0.3) is 0 Å². The minimum Gasteiger partial charge on any atom is -0.486 e. The number of ether oxygens (including phenoxy) is 1. The van der Waals surface area contributed by atoms with Crippen LogP contribution in [0.5, 0.6) is 5.75 Å². The molecule has 1 atom stereocenters. The summed E-state index contributed by atoms with van der Waals surface area (Å²) in [7, 11) is 0. The highest BCUT2D eigenvalue weighted by Crippen LogP contribution is 2.36. The van der Waals surface area contributed by atoms with Crippen LogP contribution < -0.4 is 10.1 Å². The second-order valence-corrected chi connectivity index (χ2v) is 8.81. The number of rotatable bonds is 10. The average molecular weight is 453 g/mol. The molecule has 1 aliphatic rings. The first-order valence-electron chi connectivity index (χ1n) is 10.5. The fourth-order valence-corrected chi connectivity index (χ4v) is 4.27. The second kappa shape index (κ2) is 9.99. The molecular formula is C24H25FN4O2S. The first-order valence-corrected chi connectivity index (χ1v) is 11.4. The number of carbonyl (C=O) groups excluding carboxylic acids is 1. The zero-order chi connectivity index (χ0) is 22.5. The van der Waals surface area contributed by atoms with E-state index in [1.165, 1.54) is 23.9 Å². The number of halogens is 1. The Morgan fingerprint density at radius 2 is 2.09 bits per heavy atom. The summed E-state index contributed by atoms with van der Waals surface area (Å²) in [5.41, 5.74) is 1.82. The van der Waals surface area contributed by atoms with E-state index in [0.717, 1.165) is 24.2 Å². The second-order valence-electron chi connectivity index (χ2n) is 7.74. The smallest absolute Gasteiger partial charge is 0.238 e. The normalized spacial score (nSPS) is 14.1. The molecule has 166 valence electrons. The highest BCUT2D eigenvalue weighted by atomic mass is 32.2. The summed E-state index contributed by atoms with van der Waals surface area (Å²) in [4.78, 5) is 13.0. The molecule has 0 saturated heterocycles. The summed E-state index contributed by atoms with van der Waals surface area (Å²) in [6.45, 7) is 6.54. The van der Waals surface area contributed by atoms with Gasteiger partial charge in [0.2, 0.25) is 5.91 Å². The molecule has 6 nitrogen and oxygen atoms in total. The molecule has 0 bridgehead atoms. The molecule has 1 aromatic heterocycles. The van der Waals surface area contributed by atoms with Crippen LogP contribution in [-0.2, 0) is 17.9 Å². The molecule has 1 amide bonds. The Labute approximate surface area is 190 Å². The minimum atomic E-state index is -0.575. The third-order valence-corrected chi connectivity index (χ3v) is 6.26. The Morgan fingerprint density at radius 3 is 2.78 bits per heavy atom. The van der Waals surface area contributed by atoms with Crippen LogP contribution in [0.15, 0.2) is 66.3 Å². The van der Waals surface area contributed by atoms with Crippen molar-refractivity contribution in [2.24, 2.45) is 0 Å². The number of hydrogen-bond acceptors (Lipinski definition) is 5. The van der Waals surface area contributed by atoms with Crippen molar-refractivity contribution in [3.05, 3.63) is 84.0 Å². The monoisotopic (exact) mass is 452 g/mol. The van der Waals surface area contributed by atoms with Gasteiger partial charge in [0.05, 0.1) is 0 Å². The Balaban J connectivity index is 1.56. The summed E-state index contributed by atoms with van der Waals surface area (Å²) in [5.74, 6) is 0.926. The maximum atomic E-state index is 13.5. The largest absolute Gasteiger partial charge is 0.486 e. The predicted molar refractivity (Wildman–Crippen MR) is 122 cm³/mol. The van der Waals surface area contributed by atoms with E-state index >= 15 is 0 Å². The van der Waals surface area contributed by atoms with E-state index in [0.29, 0.717) is 23.1 Å². The molecule has 0 radical (unpaired) electrons. The van der Waals surface area contributed by atoms with Gasteiger partial charge in [-0.1, -0.05) is 42.1 Å². The fourth-order valence-electron chi connectivity index (χ4n) is 3.20. The van der Waals surface area contributed by atoms with E-state index in [9.17, 15) is 9.18 Å². The van der Waals surface area contributed by atoms with Crippen LogP contribution >= 0.6 is 11.8 Å². The number of carbonyl (C=O) groups is 1. The third-order valence-electron chi connectivity index (χ3n) is 5.02. The van der Waals surface area contributed by atoms with Gasteiger partial charge >= 0.3 is 0 Å². The van der Waals surface area contributed by atoms with E-state index in [1.54, 1.807) is 18.2 Å². The first kappa shape index (κ1) is 22.1. The van der Waals surface area contributed by atoms with Crippen LogP contribution in [-0.4, -0.2) is 26.7 Å². The minimum absolute atomic E-state index is 0.116. The third kappa shape index (κ3) is 5.56. The van der Waals surface area contributed by atoms with E-state index in [-0.39, 0.29) is 24.4 Å². The molecule has 0 aliphatic heterocycles. The molecule has 8 heteroatoms. The van der Waals surface area contributed by atoms with Crippen molar-refractivity contribution in [1.82, 2.24) is 20.1 Å². The van der Waals surface area contributed by atoms with Gasteiger partial charge in [-0.15, -0.1) is 16.8 Å². The highest BCUT2D eigenvalue weighted by molar-refractivity contribution is 8.00. The van der Waals surface area contributed by atoms with Crippen molar-refractivity contribution in [2.75, 3.05) is 0 Å². The van der Waals surface area contributed by atoms with Gasteiger partial charge in [-0.05, 0) is 55.2 Å². The number of benzene rings is 2. The maximum Gasteiger partial charge on any atom is 0.238 e. The van der Waals surface area contributed by atoms with E-state index < -0.39 is 5.25 Å². The maximum absolute atomic E-state index is 13.5. The number of nitrogens with one attached hydrogen (secondary N) is 1. The van der Waals surface area contributed by atoms with Crippen molar-refractivity contribution in [1.29, 1.82) is 0 Å². The van der Waals surface area contributed by atoms with Crippen molar-refractivity contribution >= 4 is 17.7 Å². The molecule has 2 aromatic carbocycles. The van der Waals surface area contributed by atoms with Gasteiger partial charge in [0.15, 0.2) is 11.0 Å². The summed E-state index contributed by atoms with van der Waals surface area (Å²) >= 11 is 1.29. The molecule has 4 rings (SSSR count). The number of aryl methyl sites for hydroxylation is 1. The summed E-state index contributed by atoms with van der Waals surface area (Å²) < 4.78 is 21.2. The molecule has 1 fully saturated rings. The summed E-state index contributed by atoms with van der Waals surface area (Å²) in [5, 5.41) is 11.7. The Kier molecular flexibility index (Phi) is 6.90. The van der Waals surface area contributed by atoms with Crippen LogP contribution in [0.2, 0.25) is 0 Å². The molecule has 1 N–H and O–H groups in total. The molecule has 1 aliphatic carbocycles. The van der Waals surface area contributed by atoms with Gasteiger partial charge in [0.25, 0.3) is 0 Å². The lowest BCUT2D eigenvalue weighted by Gasteiger charge is -2.17. The molecule has 32 heavy (non-hydrogen) atoms. The number of nitrogens with zero attached hydrogens (tertiary/aromatic N) is 3. The molecule has 1 heterocycles. The van der Waals surface area contributed by atoms with Gasteiger partial charge in [0.1, 0.15) is 23.4 Å². The lowest BCUT2D eigenvalue weighted by molar-refractivity contribution is -0.120. The van der Waals surface area contributed by atoms with Crippen molar-refractivity contribution < 1.29 is 13.9 Å². The standard InChI is InChI=1S/C24H25FN4O2S/c1-3-13-29-21(15-31-20-6-4-5-16(2)14-20)27-28-24(29)32-22(23(30)26-19-11-12-19)17-7-9-18(25)10-8-17/h3-10,14,19,22H,1,11-13,15H2,2H3,(H,26,30). The van der Waals surface area contributed by atoms with Gasteiger partial charge < -0.3 is 10.1 Å². The van der Waals surface area contributed by atoms with Crippen molar-refractivity contribution in [3.8, 4) is 5.75 Å². The first-order chi connectivity index (χ1) is 15.5. The number of thioether (sulfide) groups is 1. The van der Waals surface area contributed by atoms with Gasteiger partial charge in [-0.25, -0.2) is 4.39 Å². The average Bonchev–Trinajstić information content (AvgIpc) is 3.51. The number of allylic oxidation sites excluding steroid dienone is 1. The Bertz CT molecular complexity index is 1100. The quantitative estimate of drug-likeness (QED) is 0.360. The molecular weight excluding hydrogens is 427 g/mol. The lowest BCUT2D eigenvalue weighted by Crippen LogP contribution is -2.30. The molecule has 3 aromatic rings. The predicted octanol–water partition coefficient (Wildman–Crippen LogP) is 4.60. The fraction of sp³-hybridized carbons (Fsp3) is 0.292. The zero-order valence-corrected chi connectivity index (χ0v) is 18.6. The number of aromatic nitrogens is 3. The van der Waals surface area contributed by atoms with Gasteiger partial charge in [0, 0.05) is 12.6 Å². The molecule has 1 saturated carbocycles. The highest BCUT2D eigenvalue weighted by Gasteiger charge is 2.30. The zero-order valence-electron chi connectivity index (χ0n) is 17.8. The van der Waals surface area contributed by atoms with Crippen LogP contribution in [0.1, 0.15) is 35.0 Å². The number of amides is 1. The van der Waals surface area contributed by atoms with Gasteiger partial charge in [-0.2, -0.15) is 0 Å².